The van der Waals surface area contributed by atoms with Crippen LogP contribution in [0.15, 0.2) is 35.6 Å². The number of nitrogens with zero attached hydrogens (tertiary/aromatic N) is 2. The molecule has 1 saturated carbocycles. The average molecular weight is 303 g/mol. The van der Waals surface area contributed by atoms with Crippen LogP contribution in [0.1, 0.15) is 25.7 Å². The van der Waals surface area contributed by atoms with Gasteiger partial charge in [0.1, 0.15) is 11.4 Å². The highest BCUT2D eigenvalue weighted by Crippen LogP contribution is 2.38. The molecule has 112 valence electrons. The molecule has 0 radical (unpaired) electrons. The van der Waals surface area contributed by atoms with Crippen LogP contribution < -0.4 is 5.73 Å². The molecule has 0 bridgehead atoms. The zero-order valence-corrected chi connectivity index (χ0v) is 12.9. The summed E-state index contributed by atoms with van der Waals surface area (Å²) in [5.41, 5.74) is 6.07. The fourth-order valence-corrected chi connectivity index (χ4v) is 4.25. The Balaban J connectivity index is 1.65. The quantitative estimate of drug-likeness (QED) is 0.656. The third kappa shape index (κ3) is 3.05. The number of aliphatic hydroxyl groups is 1. The van der Waals surface area contributed by atoms with Crippen molar-refractivity contribution in [2.75, 3.05) is 12.3 Å². The minimum atomic E-state index is -0.645. The largest absolute Gasteiger partial charge is 0.388 e. The van der Waals surface area contributed by atoms with Crippen molar-refractivity contribution in [1.82, 2.24) is 9.97 Å². The Morgan fingerprint density at radius 1 is 1.33 bits per heavy atom. The lowest BCUT2D eigenvalue weighted by atomic mass is 9.89. The summed E-state index contributed by atoms with van der Waals surface area (Å²) in [5, 5.41) is 12.6. The van der Waals surface area contributed by atoms with Crippen molar-refractivity contribution in [3.8, 4) is 0 Å². The van der Waals surface area contributed by atoms with Gasteiger partial charge in [0.25, 0.3) is 0 Å². The lowest BCUT2D eigenvalue weighted by Gasteiger charge is -2.28. The molecule has 0 spiro atoms. The number of fused-ring (bicyclic) bond motifs is 1. The smallest absolute Gasteiger partial charge is 0.117 e. The molecular formula is C16H21N3OS. The van der Waals surface area contributed by atoms with E-state index < -0.39 is 5.60 Å². The zero-order chi connectivity index (χ0) is 14.7. The van der Waals surface area contributed by atoms with E-state index in [0.29, 0.717) is 12.5 Å². The highest BCUT2D eigenvalue weighted by Gasteiger charge is 2.39. The van der Waals surface area contributed by atoms with Crippen LogP contribution in [-0.4, -0.2) is 33.0 Å². The minimum Gasteiger partial charge on any atom is -0.388 e. The van der Waals surface area contributed by atoms with E-state index in [0.717, 1.165) is 47.4 Å². The molecule has 21 heavy (non-hydrogen) atoms. The first-order valence-electron chi connectivity index (χ1n) is 7.48. The van der Waals surface area contributed by atoms with Crippen LogP contribution in [0.4, 0.5) is 0 Å². The molecule has 3 rings (SSSR count). The van der Waals surface area contributed by atoms with Crippen LogP contribution in [-0.2, 0) is 0 Å². The van der Waals surface area contributed by atoms with E-state index in [-0.39, 0.29) is 0 Å². The minimum absolute atomic E-state index is 0.322. The molecule has 1 aromatic heterocycles. The Hall–Kier alpha value is -1.17. The van der Waals surface area contributed by atoms with Gasteiger partial charge in [-0.25, -0.2) is 9.97 Å². The molecule has 1 aliphatic rings. The van der Waals surface area contributed by atoms with Gasteiger partial charge in [-0.05, 0) is 37.0 Å². The van der Waals surface area contributed by atoms with Gasteiger partial charge in [0.15, 0.2) is 0 Å². The van der Waals surface area contributed by atoms with Crippen molar-refractivity contribution in [2.24, 2.45) is 11.7 Å². The van der Waals surface area contributed by atoms with Crippen LogP contribution in [0.25, 0.3) is 10.9 Å². The van der Waals surface area contributed by atoms with Gasteiger partial charge in [-0.2, -0.15) is 0 Å². The Labute approximate surface area is 129 Å². The standard InChI is InChI=1S/C16H21N3OS/c17-10-16(20)8-3-4-12(16)7-9-21-15-13-5-1-2-6-14(13)18-11-19-15/h1-2,5-6,11-12,20H,3-4,7-10,17H2. The summed E-state index contributed by atoms with van der Waals surface area (Å²) in [4.78, 5) is 8.67. The molecule has 0 saturated heterocycles. The fraction of sp³-hybridized carbons (Fsp3) is 0.500. The first-order valence-corrected chi connectivity index (χ1v) is 8.46. The summed E-state index contributed by atoms with van der Waals surface area (Å²) in [6.45, 7) is 0.374. The van der Waals surface area contributed by atoms with Crippen LogP contribution in [0.3, 0.4) is 0 Å². The molecule has 2 unspecified atom stereocenters. The number of hydrogen-bond acceptors (Lipinski definition) is 5. The van der Waals surface area contributed by atoms with Crippen molar-refractivity contribution in [1.29, 1.82) is 0 Å². The normalized spacial score (nSPS) is 25.5. The van der Waals surface area contributed by atoms with Crippen molar-refractivity contribution in [2.45, 2.75) is 36.3 Å². The number of aromatic nitrogens is 2. The highest BCUT2D eigenvalue weighted by molar-refractivity contribution is 7.99. The highest BCUT2D eigenvalue weighted by atomic mass is 32.2. The van der Waals surface area contributed by atoms with Crippen LogP contribution in [0.5, 0.6) is 0 Å². The van der Waals surface area contributed by atoms with Gasteiger partial charge in [-0.3, -0.25) is 0 Å². The van der Waals surface area contributed by atoms with Gasteiger partial charge >= 0.3 is 0 Å². The first kappa shape index (κ1) is 14.8. The van der Waals surface area contributed by atoms with E-state index >= 15 is 0 Å². The Morgan fingerprint density at radius 2 is 2.19 bits per heavy atom. The van der Waals surface area contributed by atoms with E-state index in [2.05, 4.69) is 16.0 Å². The van der Waals surface area contributed by atoms with Crippen molar-refractivity contribution in [3.05, 3.63) is 30.6 Å². The maximum atomic E-state index is 10.5. The first-order chi connectivity index (χ1) is 10.2. The lowest BCUT2D eigenvalue weighted by molar-refractivity contribution is 0.0103. The molecule has 1 heterocycles. The van der Waals surface area contributed by atoms with Crippen molar-refractivity contribution >= 4 is 22.7 Å². The van der Waals surface area contributed by atoms with Crippen molar-refractivity contribution < 1.29 is 5.11 Å². The topological polar surface area (TPSA) is 72.0 Å². The Bertz CT molecular complexity index is 616. The Kier molecular flexibility index (Phi) is 4.42. The average Bonchev–Trinajstić information content (AvgIpc) is 2.89. The number of nitrogens with two attached hydrogens (primary N) is 1. The summed E-state index contributed by atoms with van der Waals surface area (Å²) in [6, 6.07) is 8.07. The summed E-state index contributed by atoms with van der Waals surface area (Å²) in [6.07, 6.45) is 5.61. The Morgan fingerprint density at radius 3 is 3.05 bits per heavy atom. The molecular weight excluding hydrogens is 282 g/mol. The molecule has 2 atom stereocenters. The molecule has 2 aromatic rings. The fourth-order valence-electron chi connectivity index (χ4n) is 3.20. The maximum Gasteiger partial charge on any atom is 0.117 e. The summed E-state index contributed by atoms with van der Waals surface area (Å²) in [7, 11) is 0. The molecule has 1 aromatic carbocycles. The third-order valence-corrected chi connectivity index (χ3v) is 5.53. The van der Waals surface area contributed by atoms with Crippen LogP contribution >= 0.6 is 11.8 Å². The van der Waals surface area contributed by atoms with E-state index in [1.54, 1.807) is 18.1 Å². The monoisotopic (exact) mass is 303 g/mol. The second-order valence-corrected chi connectivity index (χ2v) is 6.81. The third-order valence-electron chi connectivity index (χ3n) is 4.49. The van der Waals surface area contributed by atoms with E-state index in [9.17, 15) is 5.11 Å². The lowest BCUT2D eigenvalue weighted by Crippen LogP contribution is -2.41. The summed E-state index contributed by atoms with van der Waals surface area (Å²) in [5.74, 6) is 1.27. The number of para-hydroxylation sites is 1. The summed E-state index contributed by atoms with van der Waals surface area (Å²) >= 11 is 1.74. The molecule has 0 aliphatic heterocycles. The second-order valence-electron chi connectivity index (χ2n) is 5.73. The molecule has 1 fully saturated rings. The molecule has 5 heteroatoms. The maximum absolute atomic E-state index is 10.5. The number of rotatable bonds is 5. The van der Waals surface area contributed by atoms with E-state index in [1.807, 2.05) is 18.2 Å². The van der Waals surface area contributed by atoms with Gasteiger partial charge < -0.3 is 10.8 Å². The van der Waals surface area contributed by atoms with Gasteiger partial charge in [0, 0.05) is 11.9 Å². The van der Waals surface area contributed by atoms with Crippen LogP contribution in [0.2, 0.25) is 0 Å². The molecule has 0 amide bonds. The SMILES string of the molecule is NCC1(O)CCCC1CCSc1ncnc2ccccc12. The van der Waals surface area contributed by atoms with Crippen molar-refractivity contribution in [3.63, 3.8) is 0 Å². The van der Waals surface area contributed by atoms with Gasteiger partial charge in [-0.15, -0.1) is 11.8 Å². The number of hydrogen-bond donors (Lipinski definition) is 2. The van der Waals surface area contributed by atoms with Crippen LogP contribution in [0, 0.1) is 5.92 Å². The zero-order valence-electron chi connectivity index (χ0n) is 12.0. The predicted octanol–water partition coefficient (Wildman–Crippen LogP) is 2.60. The van der Waals surface area contributed by atoms with Gasteiger partial charge in [0.2, 0.25) is 0 Å². The van der Waals surface area contributed by atoms with E-state index in [4.69, 9.17) is 5.73 Å². The van der Waals surface area contributed by atoms with Gasteiger partial charge in [0.05, 0.1) is 11.1 Å². The number of thioether (sulfide) groups is 1. The van der Waals surface area contributed by atoms with E-state index in [1.165, 1.54) is 0 Å². The van der Waals surface area contributed by atoms with Gasteiger partial charge in [-0.1, -0.05) is 24.6 Å². The second kappa shape index (κ2) is 6.30. The molecule has 4 nitrogen and oxygen atoms in total. The summed E-state index contributed by atoms with van der Waals surface area (Å²) < 4.78 is 0. The molecule has 3 N–H and O–H groups in total. The number of benzene rings is 1. The molecule has 1 aliphatic carbocycles. The predicted molar refractivity (Wildman–Crippen MR) is 86.2 cm³/mol.